The van der Waals surface area contributed by atoms with Gasteiger partial charge in [0.25, 0.3) is 0 Å². The first-order valence-electron chi connectivity index (χ1n) is 9.41. The molecule has 0 atom stereocenters. The lowest BCUT2D eigenvalue weighted by Gasteiger charge is -2.20. The molecule has 0 aliphatic heterocycles. The van der Waals surface area contributed by atoms with Crippen molar-refractivity contribution in [3.05, 3.63) is 0 Å². The number of quaternary nitrogens is 1. The van der Waals surface area contributed by atoms with Gasteiger partial charge in [0.05, 0.1) is 34.8 Å². The second kappa shape index (κ2) is 15.6. The lowest BCUT2D eigenvalue weighted by Crippen LogP contribution is -2.33. The summed E-state index contributed by atoms with van der Waals surface area (Å²) >= 11 is 0. The normalized spacial score (nSPS) is 11.6. The number of unbranched alkanes of at least 4 members (excludes halogenated alkanes) is 8. The van der Waals surface area contributed by atoms with Gasteiger partial charge in [0.1, 0.15) is 0 Å². The maximum atomic E-state index is 11.1. The van der Waals surface area contributed by atoms with Crippen LogP contribution in [0.25, 0.3) is 0 Å². The highest BCUT2D eigenvalue weighted by molar-refractivity contribution is 7.82. The van der Waals surface area contributed by atoms with E-state index in [0.717, 1.165) is 24.4 Å². The third kappa shape index (κ3) is 23.3. The maximum absolute atomic E-state index is 11.1. The number of hydrogen-bond donors (Lipinski definition) is 0. The Hall–Kier alpha value is -0.660. The van der Waals surface area contributed by atoms with E-state index < -0.39 is 16.4 Å². The zero-order chi connectivity index (χ0) is 19.8. The molecule has 25 heavy (non-hydrogen) atoms. The van der Waals surface area contributed by atoms with Crippen molar-refractivity contribution in [3.8, 4) is 0 Å². The fourth-order valence-electron chi connectivity index (χ4n) is 1.77. The van der Waals surface area contributed by atoms with Crippen molar-refractivity contribution in [2.75, 3.05) is 34.8 Å². The van der Waals surface area contributed by atoms with E-state index in [-0.39, 0.29) is 6.42 Å². The van der Waals surface area contributed by atoms with Crippen molar-refractivity contribution in [2.24, 2.45) is 0 Å². The van der Waals surface area contributed by atoms with Gasteiger partial charge < -0.3 is 8.67 Å². The third-order valence-electron chi connectivity index (χ3n) is 3.83. The molecule has 0 unspecified atom stereocenters. The van der Waals surface area contributed by atoms with Crippen LogP contribution in [0, 0.1) is 0 Å². The summed E-state index contributed by atoms with van der Waals surface area (Å²) in [6.07, 6.45) is 10.3. The number of carbonyl (C=O) groups is 1. The lowest BCUT2D eigenvalue weighted by atomic mass is 10.1. The first-order chi connectivity index (χ1) is 11.6. The molecule has 0 N–H and O–H groups in total. The van der Waals surface area contributed by atoms with Crippen LogP contribution < -0.4 is 0 Å². The molecule has 0 fully saturated rings. The Morgan fingerprint density at radius 2 is 1.24 bits per heavy atom. The predicted octanol–water partition coefficient (Wildman–Crippen LogP) is 4.05. The summed E-state index contributed by atoms with van der Waals surface area (Å²) in [6.45, 7) is 5.59. The molecule has 0 saturated heterocycles. The third-order valence-corrected chi connectivity index (χ3v) is 4.63. The van der Waals surface area contributed by atoms with Gasteiger partial charge in [-0.25, -0.2) is 4.18 Å². The van der Waals surface area contributed by atoms with E-state index >= 15 is 0 Å². The first-order valence-corrected chi connectivity index (χ1v) is 10.7. The lowest BCUT2D eigenvalue weighted by molar-refractivity contribution is -0.868. The molecule has 0 aliphatic carbocycles. The van der Waals surface area contributed by atoms with Crippen molar-refractivity contribution >= 4 is 16.4 Å². The van der Waals surface area contributed by atoms with E-state index in [1.165, 1.54) is 45.1 Å². The Labute approximate surface area is 155 Å². The van der Waals surface area contributed by atoms with E-state index in [1.807, 2.05) is 0 Å². The topological polar surface area (TPSA) is 69.7 Å². The fraction of sp³-hybridized carbons (Fsp3) is 0.944. The molecule has 0 amide bonds. The van der Waals surface area contributed by atoms with Crippen LogP contribution in [0.5, 0.6) is 0 Å². The molecular formula is C18H40NO5S+. The fourth-order valence-corrected chi connectivity index (χ4v) is 2.15. The summed E-state index contributed by atoms with van der Waals surface area (Å²) in [5.41, 5.74) is 0. The zero-order valence-corrected chi connectivity index (χ0v) is 18.0. The Morgan fingerprint density at radius 1 is 0.840 bits per heavy atom. The summed E-state index contributed by atoms with van der Waals surface area (Å²) in [5.74, 6) is -0.746. The van der Waals surface area contributed by atoms with E-state index in [2.05, 4.69) is 43.4 Å². The van der Waals surface area contributed by atoms with Crippen LogP contribution >= 0.6 is 0 Å². The molecule has 0 aromatic rings. The predicted molar refractivity (Wildman–Crippen MR) is 102 cm³/mol. The van der Waals surface area contributed by atoms with Crippen LogP contribution in [0.4, 0.5) is 0 Å². The highest BCUT2D eigenvalue weighted by Crippen LogP contribution is 2.11. The average Bonchev–Trinajstić information content (AvgIpc) is 2.53. The van der Waals surface area contributed by atoms with Gasteiger partial charge in [0, 0.05) is 6.42 Å². The number of rotatable bonds is 13. The van der Waals surface area contributed by atoms with Crippen LogP contribution in [0.1, 0.15) is 78.1 Å². The number of hydrogen-bond acceptors (Lipinski definition) is 5. The van der Waals surface area contributed by atoms with Gasteiger partial charge in [-0.1, -0.05) is 58.3 Å². The van der Waals surface area contributed by atoms with Gasteiger partial charge in [0.15, 0.2) is 0 Å². The highest BCUT2D eigenvalue weighted by atomic mass is 32.3. The van der Waals surface area contributed by atoms with E-state index in [4.69, 9.17) is 0 Å². The van der Waals surface area contributed by atoms with Gasteiger partial charge in [-0.15, -0.1) is 0 Å². The number of carbonyl (C=O) groups excluding carboxylic acids is 1. The second-order valence-corrected chi connectivity index (χ2v) is 8.53. The van der Waals surface area contributed by atoms with Crippen LogP contribution in [0.3, 0.4) is 0 Å². The molecule has 0 bridgehead atoms. The van der Waals surface area contributed by atoms with E-state index in [0.29, 0.717) is 6.42 Å². The summed E-state index contributed by atoms with van der Waals surface area (Å²) in [4.78, 5) is 11.1. The van der Waals surface area contributed by atoms with Gasteiger partial charge in [-0.2, -0.15) is 8.42 Å². The van der Waals surface area contributed by atoms with Crippen molar-refractivity contribution in [3.63, 3.8) is 0 Å². The molecule has 0 radical (unpaired) electrons. The Morgan fingerprint density at radius 3 is 1.60 bits per heavy atom. The van der Waals surface area contributed by atoms with Crippen molar-refractivity contribution in [1.82, 2.24) is 0 Å². The minimum atomic E-state index is -4.13. The van der Waals surface area contributed by atoms with Gasteiger partial charge in [-0.3, -0.25) is 4.79 Å². The zero-order valence-electron chi connectivity index (χ0n) is 17.2. The Balaban J connectivity index is 0. The molecule has 0 aromatic carbocycles. The highest BCUT2D eigenvalue weighted by Gasteiger charge is 2.15. The number of nitrogens with zero attached hydrogens (tertiary/aromatic N) is 1. The second-order valence-electron chi connectivity index (χ2n) is 7.22. The molecule has 0 heterocycles. The van der Waals surface area contributed by atoms with Crippen molar-refractivity contribution in [2.45, 2.75) is 78.1 Å². The van der Waals surface area contributed by atoms with Gasteiger partial charge in [-0.05, 0) is 13.3 Å². The van der Waals surface area contributed by atoms with Crippen molar-refractivity contribution < 1.29 is 26.1 Å². The van der Waals surface area contributed by atoms with Crippen LogP contribution in [0.15, 0.2) is 0 Å². The standard InChI is InChI=1S/C13H26O5S.C5H14N/c1-3-4-5-6-7-8-9-10-11-12-13(14)18-19(15,16)17-2;1-5-6(2,3)4/h3-12H2,1-2H3;5H2,1-4H3/q;+1. The quantitative estimate of drug-likeness (QED) is 0.355. The monoisotopic (exact) mass is 382 g/mol. The summed E-state index contributed by atoms with van der Waals surface area (Å²) in [5, 5.41) is 0. The average molecular weight is 383 g/mol. The first kappa shape index (κ1) is 26.6. The molecule has 0 saturated carbocycles. The smallest absolute Gasteiger partial charge is 0.331 e. The molecule has 0 aliphatic rings. The molecule has 152 valence electrons. The van der Waals surface area contributed by atoms with Gasteiger partial charge >= 0.3 is 16.4 Å². The SMILES string of the molecule is CCCCCCCCCCCC(=O)OS(=O)(=O)OC.CC[N+](C)(C)C. The largest absolute Gasteiger partial charge is 0.451 e. The van der Waals surface area contributed by atoms with Crippen LogP contribution in [0.2, 0.25) is 0 Å². The molecule has 6 nitrogen and oxygen atoms in total. The summed E-state index contributed by atoms with van der Waals surface area (Å²) < 4.78 is 30.9. The Kier molecular flexibility index (Phi) is 16.6. The molecular weight excluding hydrogens is 342 g/mol. The minimum Gasteiger partial charge on any atom is -0.331 e. The van der Waals surface area contributed by atoms with Crippen molar-refractivity contribution in [1.29, 1.82) is 0 Å². The molecule has 0 spiro atoms. The molecule has 0 rings (SSSR count). The minimum absolute atomic E-state index is 0.123. The molecule has 7 heteroatoms. The maximum Gasteiger partial charge on any atom is 0.451 e. The summed E-state index contributed by atoms with van der Waals surface area (Å²) in [6, 6.07) is 0. The summed E-state index contributed by atoms with van der Waals surface area (Å²) in [7, 11) is 3.37. The van der Waals surface area contributed by atoms with Gasteiger partial charge in [0.2, 0.25) is 0 Å². The van der Waals surface area contributed by atoms with E-state index in [9.17, 15) is 13.2 Å². The Bertz CT molecular complexity index is 416. The van der Waals surface area contributed by atoms with Crippen LogP contribution in [-0.4, -0.2) is 53.7 Å². The van der Waals surface area contributed by atoms with Crippen LogP contribution in [-0.2, 0) is 23.6 Å². The molecule has 0 aromatic heterocycles. The van der Waals surface area contributed by atoms with E-state index in [1.54, 1.807) is 0 Å².